The number of nitrogens with two attached hydrogens (primary N) is 1. The lowest BCUT2D eigenvalue weighted by Gasteiger charge is -2.20. The van der Waals surface area contributed by atoms with Gasteiger partial charge < -0.3 is 10.6 Å². The number of hydrogen-bond donors (Lipinski definition) is 1. The van der Waals surface area contributed by atoms with Crippen molar-refractivity contribution in [3.05, 3.63) is 35.4 Å². The van der Waals surface area contributed by atoms with E-state index in [2.05, 4.69) is 26.0 Å². The predicted molar refractivity (Wildman–Crippen MR) is 68.1 cm³/mol. The lowest BCUT2D eigenvalue weighted by Crippen LogP contribution is -2.35. The molecule has 3 nitrogen and oxygen atoms in total. The fourth-order valence-corrected chi connectivity index (χ4v) is 2.08. The fraction of sp³-hybridized carbons (Fsp3) is 0.500. The maximum atomic E-state index is 12.1. The van der Waals surface area contributed by atoms with Crippen LogP contribution in [0.1, 0.15) is 31.4 Å². The van der Waals surface area contributed by atoms with Gasteiger partial charge >= 0.3 is 0 Å². The van der Waals surface area contributed by atoms with Gasteiger partial charge in [-0.2, -0.15) is 0 Å². The molecular weight excluding hydrogens is 212 g/mol. The summed E-state index contributed by atoms with van der Waals surface area (Å²) in [5.41, 5.74) is 8.47. The van der Waals surface area contributed by atoms with Crippen LogP contribution in [-0.4, -0.2) is 16.8 Å². The number of nitrogens with zero attached hydrogens (tertiary/aromatic N) is 1. The quantitative estimate of drug-likeness (QED) is 0.865. The molecule has 1 aromatic rings. The first kappa shape index (κ1) is 12.1. The van der Waals surface area contributed by atoms with Crippen LogP contribution < -0.4 is 5.73 Å². The molecule has 0 spiro atoms. The summed E-state index contributed by atoms with van der Waals surface area (Å²) in [7, 11) is 0. The molecule has 0 aromatic heterocycles. The van der Waals surface area contributed by atoms with Gasteiger partial charge in [0, 0.05) is 25.6 Å². The van der Waals surface area contributed by atoms with Gasteiger partial charge in [-0.3, -0.25) is 4.79 Å². The molecule has 2 N–H and O–H groups in total. The Hall–Kier alpha value is -1.35. The van der Waals surface area contributed by atoms with E-state index in [0.29, 0.717) is 12.3 Å². The molecule has 2 rings (SSSR count). The second-order valence-corrected chi connectivity index (χ2v) is 5.13. The topological polar surface area (TPSA) is 46.3 Å². The van der Waals surface area contributed by atoms with E-state index in [4.69, 9.17) is 5.73 Å². The molecule has 0 radical (unpaired) electrons. The van der Waals surface area contributed by atoms with E-state index >= 15 is 0 Å². The largest absolute Gasteiger partial charge is 0.334 e. The van der Waals surface area contributed by atoms with Crippen LogP contribution in [0.2, 0.25) is 0 Å². The number of fused-ring (bicyclic) bond motifs is 1. The first-order valence-electron chi connectivity index (χ1n) is 6.18. The van der Waals surface area contributed by atoms with Crippen molar-refractivity contribution in [2.45, 2.75) is 39.4 Å². The van der Waals surface area contributed by atoms with E-state index in [1.807, 2.05) is 17.0 Å². The first-order valence-corrected chi connectivity index (χ1v) is 6.18. The van der Waals surface area contributed by atoms with Crippen molar-refractivity contribution in [1.29, 1.82) is 0 Å². The maximum Gasteiger partial charge on any atom is 0.224 e. The second-order valence-electron chi connectivity index (χ2n) is 5.13. The Balaban J connectivity index is 1.97. The van der Waals surface area contributed by atoms with Crippen molar-refractivity contribution in [2.24, 2.45) is 11.7 Å². The van der Waals surface area contributed by atoms with Gasteiger partial charge in [0.2, 0.25) is 5.91 Å². The van der Waals surface area contributed by atoms with E-state index in [-0.39, 0.29) is 11.9 Å². The second kappa shape index (κ2) is 4.88. The Morgan fingerprint density at radius 3 is 2.29 bits per heavy atom. The highest BCUT2D eigenvalue weighted by molar-refractivity contribution is 5.77. The van der Waals surface area contributed by atoms with Gasteiger partial charge in [-0.1, -0.05) is 38.1 Å². The molecule has 1 aliphatic rings. The molecule has 0 fully saturated rings. The Kier molecular flexibility index (Phi) is 3.48. The molecule has 0 bridgehead atoms. The van der Waals surface area contributed by atoms with Crippen LogP contribution in [0.4, 0.5) is 0 Å². The highest BCUT2D eigenvalue weighted by Gasteiger charge is 2.24. The summed E-state index contributed by atoms with van der Waals surface area (Å²) in [5, 5.41) is 0. The van der Waals surface area contributed by atoms with Crippen molar-refractivity contribution >= 4 is 5.91 Å². The minimum Gasteiger partial charge on any atom is -0.334 e. The Morgan fingerprint density at radius 2 is 1.82 bits per heavy atom. The molecular formula is C14H20N2O. The highest BCUT2D eigenvalue weighted by atomic mass is 16.2. The first-order chi connectivity index (χ1) is 8.08. The molecule has 1 heterocycles. The molecule has 3 heteroatoms. The zero-order valence-corrected chi connectivity index (χ0v) is 10.5. The smallest absolute Gasteiger partial charge is 0.224 e. The monoisotopic (exact) mass is 232 g/mol. The molecule has 17 heavy (non-hydrogen) atoms. The van der Waals surface area contributed by atoms with Gasteiger partial charge in [-0.25, -0.2) is 0 Å². The van der Waals surface area contributed by atoms with Gasteiger partial charge in [0.25, 0.3) is 0 Å². The van der Waals surface area contributed by atoms with E-state index in [9.17, 15) is 4.79 Å². The van der Waals surface area contributed by atoms with Crippen LogP contribution >= 0.6 is 0 Å². The van der Waals surface area contributed by atoms with Crippen LogP contribution in [-0.2, 0) is 17.9 Å². The molecule has 0 aliphatic carbocycles. The third-order valence-electron chi connectivity index (χ3n) is 3.46. The highest BCUT2D eigenvalue weighted by Crippen LogP contribution is 2.23. The van der Waals surface area contributed by atoms with E-state index in [1.54, 1.807) is 0 Å². The maximum absolute atomic E-state index is 12.1. The van der Waals surface area contributed by atoms with Crippen LogP contribution in [0.5, 0.6) is 0 Å². The fourth-order valence-electron chi connectivity index (χ4n) is 2.08. The minimum atomic E-state index is -0.0359. The lowest BCUT2D eigenvalue weighted by molar-refractivity contribution is -0.132. The van der Waals surface area contributed by atoms with Gasteiger partial charge in [0.05, 0.1) is 0 Å². The number of carbonyl (C=O) groups is 1. The third kappa shape index (κ3) is 2.67. The number of rotatable bonds is 3. The molecule has 1 unspecified atom stereocenters. The van der Waals surface area contributed by atoms with Crippen molar-refractivity contribution in [1.82, 2.24) is 4.90 Å². The molecule has 92 valence electrons. The summed E-state index contributed by atoms with van der Waals surface area (Å²) in [5.74, 6) is 0.520. The predicted octanol–water partition coefficient (Wildman–Crippen LogP) is 1.90. The average molecular weight is 232 g/mol. The van der Waals surface area contributed by atoms with Gasteiger partial charge in [-0.15, -0.1) is 0 Å². The normalized spacial score (nSPS) is 16.1. The van der Waals surface area contributed by atoms with Gasteiger partial charge in [0.1, 0.15) is 0 Å². The lowest BCUT2D eigenvalue weighted by atomic mass is 10.0. The summed E-state index contributed by atoms with van der Waals surface area (Å²) in [6.45, 7) is 5.58. The van der Waals surface area contributed by atoms with Crippen LogP contribution in [0.3, 0.4) is 0 Å². The summed E-state index contributed by atoms with van der Waals surface area (Å²) < 4.78 is 0. The SMILES string of the molecule is CC(C)C(N)CC(=O)N1Cc2ccccc2C1. The third-order valence-corrected chi connectivity index (χ3v) is 3.46. The summed E-state index contributed by atoms with van der Waals surface area (Å²) in [6.07, 6.45) is 0.450. The van der Waals surface area contributed by atoms with Gasteiger partial charge in [0.15, 0.2) is 0 Å². The molecule has 1 aromatic carbocycles. The Morgan fingerprint density at radius 1 is 1.29 bits per heavy atom. The summed E-state index contributed by atoms with van der Waals surface area (Å²) in [6, 6.07) is 8.18. The van der Waals surface area contributed by atoms with Crippen molar-refractivity contribution in [3.63, 3.8) is 0 Å². The standard InChI is InChI=1S/C14H20N2O/c1-10(2)13(15)7-14(17)16-8-11-5-3-4-6-12(11)9-16/h3-6,10,13H,7-9,15H2,1-2H3. The van der Waals surface area contributed by atoms with E-state index < -0.39 is 0 Å². The molecule has 0 saturated carbocycles. The summed E-state index contributed by atoms with van der Waals surface area (Å²) >= 11 is 0. The van der Waals surface area contributed by atoms with E-state index in [1.165, 1.54) is 11.1 Å². The molecule has 1 aliphatic heterocycles. The zero-order valence-electron chi connectivity index (χ0n) is 10.5. The summed E-state index contributed by atoms with van der Waals surface area (Å²) in [4.78, 5) is 14.0. The number of amides is 1. The van der Waals surface area contributed by atoms with Gasteiger partial charge in [-0.05, 0) is 17.0 Å². The zero-order chi connectivity index (χ0) is 12.4. The van der Waals surface area contributed by atoms with Crippen molar-refractivity contribution in [2.75, 3.05) is 0 Å². The molecule has 0 saturated heterocycles. The number of carbonyl (C=O) groups excluding carboxylic acids is 1. The average Bonchev–Trinajstić information content (AvgIpc) is 2.72. The van der Waals surface area contributed by atoms with E-state index in [0.717, 1.165) is 13.1 Å². The Bertz CT molecular complexity index is 389. The van der Waals surface area contributed by atoms with Crippen LogP contribution in [0.15, 0.2) is 24.3 Å². The minimum absolute atomic E-state index is 0.0359. The molecule has 1 amide bonds. The van der Waals surface area contributed by atoms with Crippen LogP contribution in [0, 0.1) is 5.92 Å². The van der Waals surface area contributed by atoms with Crippen molar-refractivity contribution < 1.29 is 4.79 Å². The number of benzene rings is 1. The Labute approximate surface area is 103 Å². The van der Waals surface area contributed by atoms with Crippen molar-refractivity contribution in [3.8, 4) is 0 Å². The number of hydrogen-bond acceptors (Lipinski definition) is 2. The van der Waals surface area contributed by atoms with Crippen LogP contribution in [0.25, 0.3) is 0 Å². The molecule has 1 atom stereocenters.